The van der Waals surface area contributed by atoms with Crippen molar-refractivity contribution in [3.63, 3.8) is 0 Å². The van der Waals surface area contributed by atoms with Crippen LogP contribution in [-0.2, 0) is 6.54 Å². The molecule has 0 aliphatic heterocycles. The lowest BCUT2D eigenvalue weighted by atomic mass is 10.2. The zero-order valence-corrected chi connectivity index (χ0v) is 17.8. The molecule has 0 saturated carbocycles. The molecule has 13 heteroatoms. The van der Waals surface area contributed by atoms with E-state index in [1.54, 1.807) is 18.2 Å². The van der Waals surface area contributed by atoms with E-state index in [1.165, 1.54) is 15.8 Å². The van der Waals surface area contributed by atoms with Crippen LogP contribution in [0.5, 0.6) is 0 Å². The normalized spacial score (nSPS) is 11.5. The van der Waals surface area contributed by atoms with Gasteiger partial charge in [0.05, 0.1) is 24.3 Å². The van der Waals surface area contributed by atoms with Crippen LogP contribution in [0.25, 0.3) is 5.82 Å². The van der Waals surface area contributed by atoms with Gasteiger partial charge in [0, 0.05) is 10.6 Å². The molecule has 0 aliphatic rings. The Hall–Kier alpha value is -3.02. The molecule has 0 atom stereocenters. The molecule has 4 N–H and O–H groups in total. The maximum Gasteiger partial charge on any atom is 0.294 e. The van der Waals surface area contributed by atoms with Crippen molar-refractivity contribution in [1.82, 2.24) is 30.7 Å². The van der Waals surface area contributed by atoms with Gasteiger partial charge in [0.2, 0.25) is 11.6 Å². The van der Waals surface area contributed by atoms with Gasteiger partial charge in [-0.1, -0.05) is 34.5 Å². The molecular weight excluding hydrogens is 433 g/mol. The van der Waals surface area contributed by atoms with E-state index in [4.69, 9.17) is 28.9 Å². The van der Waals surface area contributed by atoms with Crippen LogP contribution < -0.4 is 16.1 Å². The zero-order chi connectivity index (χ0) is 21.7. The smallest absolute Gasteiger partial charge is 0.294 e. The van der Waals surface area contributed by atoms with Crippen LogP contribution in [0, 0.1) is 0 Å². The maximum atomic E-state index is 12.7. The summed E-state index contributed by atoms with van der Waals surface area (Å²) in [7, 11) is 0. The van der Waals surface area contributed by atoms with E-state index >= 15 is 0 Å². The molecule has 0 bridgehead atoms. The van der Waals surface area contributed by atoms with Crippen molar-refractivity contribution in [3.05, 3.63) is 45.2 Å². The van der Waals surface area contributed by atoms with E-state index in [-0.39, 0.29) is 17.3 Å². The van der Waals surface area contributed by atoms with E-state index in [0.29, 0.717) is 27.8 Å². The number of nitrogens with zero attached hydrogens (tertiary/aromatic N) is 6. The Morgan fingerprint density at radius 2 is 2.10 bits per heavy atom. The lowest BCUT2D eigenvalue weighted by Crippen LogP contribution is -3.10. The van der Waals surface area contributed by atoms with Gasteiger partial charge in [-0.2, -0.15) is 9.78 Å². The number of carbonyl (C=O) groups excluding carboxylic acids is 1. The summed E-state index contributed by atoms with van der Waals surface area (Å²) in [6.07, 6.45) is 1.41. The highest BCUT2D eigenvalue weighted by molar-refractivity contribution is 6.36. The van der Waals surface area contributed by atoms with Gasteiger partial charge < -0.3 is 10.6 Å². The summed E-state index contributed by atoms with van der Waals surface area (Å²) in [4.78, 5) is 13.9. The second kappa shape index (κ2) is 9.65. The van der Waals surface area contributed by atoms with Crippen LogP contribution in [0.3, 0.4) is 0 Å². The Morgan fingerprint density at radius 3 is 2.73 bits per heavy atom. The summed E-state index contributed by atoms with van der Waals surface area (Å²) in [5.41, 5.74) is 9.42. The number of nitrogen functional groups attached to an aromatic ring is 1. The topological polar surface area (TPSA) is 142 Å². The van der Waals surface area contributed by atoms with Crippen molar-refractivity contribution in [2.75, 3.05) is 18.8 Å². The first-order valence-corrected chi connectivity index (χ1v) is 9.85. The number of hydrazone groups is 1. The van der Waals surface area contributed by atoms with E-state index < -0.39 is 5.91 Å². The molecular formula is C17H20Cl2N9O2+. The molecule has 0 unspecified atom stereocenters. The number of carbonyl (C=O) groups is 1. The first-order chi connectivity index (χ1) is 14.4. The highest BCUT2D eigenvalue weighted by atomic mass is 35.5. The average Bonchev–Trinajstić information content (AvgIpc) is 3.33. The van der Waals surface area contributed by atoms with Gasteiger partial charge in [0.25, 0.3) is 5.91 Å². The van der Waals surface area contributed by atoms with E-state index in [0.717, 1.165) is 13.1 Å². The van der Waals surface area contributed by atoms with Gasteiger partial charge in [-0.15, -0.1) is 5.10 Å². The number of aromatic nitrogens is 5. The largest absolute Gasteiger partial charge is 0.378 e. The number of nitrogens with one attached hydrogen (secondary N) is 2. The molecule has 2 heterocycles. The third kappa shape index (κ3) is 4.75. The maximum absolute atomic E-state index is 12.7. The predicted molar refractivity (Wildman–Crippen MR) is 111 cm³/mol. The molecule has 11 nitrogen and oxygen atoms in total. The van der Waals surface area contributed by atoms with E-state index in [9.17, 15) is 4.79 Å². The van der Waals surface area contributed by atoms with Gasteiger partial charge in [0.15, 0.2) is 5.69 Å². The summed E-state index contributed by atoms with van der Waals surface area (Å²) in [6, 6.07) is 4.94. The van der Waals surface area contributed by atoms with E-state index in [1.807, 2.05) is 13.8 Å². The van der Waals surface area contributed by atoms with Crippen molar-refractivity contribution in [2.45, 2.75) is 20.4 Å². The first kappa shape index (κ1) is 21.7. The lowest BCUT2D eigenvalue weighted by Gasteiger charge is -2.15. The molecule has 0 radical (unpaired) electrons. The van der Waals surface area contributed by atoms with Gasteiger partial charge in [-0.05, 0) is 36.3 Å². The SMILES string of the molecule is CC[NH+](CC)Cc1c(C(=O)NN=Cc2ccc(Cl)cc2Cl)nnn1-c1nonc1N. The molecule has 1 aromatic carbocycles. The van der Waals surface area contributed by atoms with Crippen molar-refractivity contribution in [1.29, 1.82) is 0 Å². The summed E-state index contributed by atoms with van der Waals surface area (Å²) >= 11 is 12.0. The van der Waals surface area contributed by atoms with Gasteiger partial charge in [-0.25, -0.2) is 10.1 Å². The van der Waals surface area contributed by atoms with Crippen molar-refractivity contribution >= 4 is 41.1 Å². The van der Waals surface area contributed by atoms with Gasteiger partial charge >= 0.3 is 0 Å². The number of hydrogen-bond donors (Lipinski definition) is 3. The third-order valence-electron chi connectivity index (χ3n) is 4.42. The van der Waals surface area contributed by atoms with Crippen molar-refractivity contribution < 1.29 is 14.3 Å². The molecule has 158 valence electrons. The lowest BCUT2D eigenvalue weighted by molar-refractivity contribution is -0.910. The van der Waals surface area contributed by atoms with Crippen molar-refractivity contribution in [2.24, 2.45) is 5.10 Å². The quantitative estimate of drug-likeness (QED) is 0.337. The molecule has 0 fully saturated rings. The summed E-state index contributed by atoms with van der Waals surface area (Å²) < 4.78 is 6.00. The van der Waals surface area contributed by atoms with Crippen molar-refractivity contribution in [3.8, 4) is 5.82 Å². The Kier molecular flexibility index (Phi) is 6.98. The number of rotatable bonds is 8. The standard InChI is InChI=1S/C17H19Cl2N9O2/c1-3-27(4-2)9-13-14(22-26-28(13)16-15(20)24-30-25-16)17(29)23-21-8-10-5-6-11(18)7-12(10)19/h5-8H,3-4,9H2,1-2H3,(H2,20,24)(H,23,29)/p+1. The number of quaternary nitrogens is 1. The fourth-order valence-electron chi connectivity index (χ4n) is 2.70. The number of anilines is 1. The third-order valence-corrected chi connectivity index (χ3v) is 4.99. The Morgan fingerprint density at radius 1 is 1.33 bits per heavy atom. The van der Waals surface area contributed by atoms with Crippen LogP contribution in [0.1, 0.15) is 35.6 Å². The average molecular weight is 453 g/mol. The summed E-state index contributed by atoms with van der Waals surface area (Å²) in [5.74, 6) is -0.336. The number of hydrogen-bond acceptors (Lipinski definition) is 8. The fourth-order valence-corrected chi connectivity index (χ4v) is 3.16. The second-order valence-corrected chi connectivity index (χ2v) is 7.11. The van der Waals surface area contributed by atoms with Crippen LogP contribution >= 0.6 is 23.2 Å². The van der Waals surface area contributed by atoms with Crippen LogP contribution in [0.2, 0.25) is 10.0 Å². The molecule has 0 aliphatic carbocycles. The number of halogens is 2. The predicted octanol–water partition coefficient (Wildman–Crippen LogP) is 0.728. The minimum absolute atomic E-state index is 0.0399. The zero-order valence-electron chi connectivity index (χ0n) is 16.3. The second-order valence-electron chi connectivity index (χ2n) is 6.27. The van der Waals surface area contributed by atoms with Gasteiger partial charge in [0.1, 0.15) is 12.2 Å². The molecule has 1 amide bonds. The molecule has 3 rings (SSSR count). The summed E-state index contributed by atoms with van der Waals surface area (Å²) in [6.45, 7) is 6.21. The minimum Gasteiger partial charge on any atom is -0.378 e. The molecule has 0 spiro atoms. The number of benzene rings is 1. The summed E-state index contributed by atoms with van der Waals surface area (Å²) in [5, 5.41) is 20.2. The Balaban J connectivity index is 1.86. The fraction of sp³-hybridized carbons (Fsp3) is 0.294. The first-order valence-electron chi connectivity index (χ1n) is 9.09. The number of nitrogens with two attached hydrogens (primary N) is 1. The highest BCUT2D eigenvalue weighted by Gasteiger charge is 2.26. The number of amides is 1. The van der Waals surface area contributed by atoms with Crippen LogP contribution in [0.15, 0.2) is 27.9 Å². The molecule has 0 saturated heterocycles. The van der Waals surface area contributed by atoms with E-state index in [2.05, 4.69) is 35.8 Å². The Labute approximate surface area is 181 Å². The van der Waals surface area contributed by atoms with Gasteiger partial charge in [-0.3, -0.25) is 4.79 Å². The minimum atomic E-state index is -0.542. The molecule has 3 aromatic rings. The van der Waals surface area contributed by atoms with Crippen LogP contribution in [0.4, 0.5) is 5.82 Å². The molecule has 30 heavy (non-hydrogen) atoms. The molecule has 2 aromatic heterocycles. The monoisotopic (exact) mass is 452 g/mol. The Bertz CT molecular complexity index is 1060. The van der Waals surface area contributed by atoms with Crippen LogP contribution in [-0.4, -0.2) is 50.5 Å². The highest BCUT2D eigenvalue weighted by Crippen LogP contribution is 2.19.